The molecule has 0 aromatic rings. The van der Waals surface area contributed by atoms with Crippen molar-refractivity contribution in [1.82, 2.24) is 0 Å². The van der Waals surface area contributed by atoms with Crippen LogP contribution in [0.3, 0.4) is 0 Å². The van der Waals surface area contributed by atoms with Crippen molar-refractivity contribution in [1.29, 1.82) is 0 Å². The molecule has 78 valence electrons. The van der Waals surface area contributed by atoms with E-state index in [1.165, 1.54) is 0 Å². The molecular weight excluding hydrogens is 184 g/mol. The quantitative estimate of drug-likeness (QED) is 0.657. The topological polar surface area (TPSA) is 74.6 Å². The average molecular weight is 198 g/mol. The second-order valence-electron chi connectivity index (χ2n) is 3.89. The van der Waals surface area contributed by atoms with Crippen molar-refractivity contribution in [3.63, 3.8) is 0 Å². The molecule has 1 aliphatic rings. The summed E-state index contributed by atoms with van der Waals surface area (Å²) in [4.78, 5) is 21.8. The van der Waals surface area contributed by atoms with E-state index < -0.39 is 23.8 Å². The fourth-order valence-electron chi connectivity index (χ4n) is 2.10. The van der Waals surface area contributed by atoms with E-state index in [1.54, 1.807) is 6.92 Å². The Morgan fingerprint density at radius 3 is 2.36 bits per heavy atom. The van der Waals surface area contributed by atoms with Gasteiger partial charge in [-0.2, -0.15) is 0 Å². The Labute approximate surface area is 82.2 Å². The second kappa shape index (κ2) is 3.82. The predicted octanol–water partition coefficient (Wildman–Crippen LogP) is 1.37. The summed E-state index contributed by atoms with van der Waals surface area (Å²) in [5.74, 6) is -3.82. The van der Waals surface area contributed by atoms with Gasteiger partial charge in [-0.3, -0.25) is 9.59 Å². The summed E-state index contributed by atoms with van der Waals surface area (Å²) in [5.41, 5.74) is 0.961. The van der Waals surface area contributed by atoms with Gasteiger partial charge in [0.05, 0.1) is 11.8 Å². The molecule has 0 bridgehead atoms. The molecule has 0 aliphatic heterocycles. The van der Waals surface area contributed by atoms with Crippen LogP contribution in [0.1, 0.15) is 20.3 Å². The minimum Gasteiger partial charge on any atom is -0.481 e. The first-order valence-corrected chi connectivity index (χ1v) is 4.56. The number of hydrogen-bond donors (Lipinski definition) is 2. The molecule has 4 nitrogen and oxygen atoms in total. The maximum atomic E-state index is 10.9. The molecule has 0 amide bonds. The SMILES string of the molecule is CC1=C[C@@H](C)[C@@H](C(=O)O)[C@@H](C(=O)O)C1. The zero-order valence-corrected chi connectivity index (χ0v) is 8.23. The number of rotatable bonds is 2. The average Bonchev–Trinajstić information content (AvgIpc) is 2.01. The molecule has 0 saturated heterocycles. The van der Waals surface area contributed by atoms with Gasteiger partial charge in [-0.15, -0.1) is 0 Å². The Balaban J connectivity index is 2.98. The van der Waals surface area contributed by atoms with Crippen LogP contribution in [0.2, 0.25) is 0 Å². The summed E-state index contributed by atoms with van der Waals surface area (Å²) in [6, 6.07) is 0. The number of allylic oxidation sites excluding steroid dienone is 2. The van der Waals surface area contributed by atoms with Gasteiger partial charge in [0, 0.05) is 0 Å². The summed E-state index contributed by atoms with van der Waals surface area (Å²) in [6.07, 6.45) is 2.19. The van der Waals surface area contributed by atoms with Gasteiger partial charge in [0.15, 0.2) is 0 Å². The van der Waals surface area contributed by atoms with Crippen LogP contribution in [-0.4, -0.2) is 22.2 Å². The van der Waals surface area contributed by atoms with Crippen molar-refractivity contribution in [2.75, 3.05) is 0 Å². The van der Waals surface area contributed by atoms with Gasteiger partial charge < -0.3 is 10.2 Å². The molecular formula is C10H14O4. The fourth-order valence-corrected chi connectivity index (χ4v) is 2.10. The van der Waals surface area contributed by atoms with Gasteiger partial charge >= 0.3 is 11.9 Å². The Morgan fingerprint density at radius 1 is 1.36 bits per heavy atom. The first kappa shape index (κ1) is 10.8. The van der Waals surface area contributed by atoms with Gasteiger partial charge in [-0.1, -0.05) is 18.6 Å². The molecule has 2 N–H and O–H groups in total. The highest BCUT2D eigenvalue weighted by atomic mass is 16.4. The highest BCUT2D eigenvalue weighted by Crippen LogP contribution is 2.34. The van der Waals surface area contributed by atoms with Crippen molar-refractivity contribution in [2.45, 2.75) is 20.3 Å². The summed E-state index contributed by atoms with van der Waals surface area (Å²) < 4.78 is 0. The molecule has 0 aromatic carbocycles. The van der Waals surface area contributed by atoms with Gasteiger partial charge in [0.2, 0.25) is 0 Å². The summed E-state index contributed by atoms with van der Waals surface area (Å²) >= 11 is 0. The van der Waals surface area contributed by atoms with Crippen LogP contribution in [0.25, 0.3) is 0 Å². The van der Waals surface area contributed by atoms with Crippen LogP contribution >= 0.6 is 0 Å². The number of carbonyl (C=O) groups is 2. The Bertz CT molecular complexity index is 292. The normalized spacial score (nSPS) is 32.1. The summed E-state index contributed by atoms with van der Waals surface area (Å²) in [6.45, 7) is 3.59. The Kier molecular flexibility index (Phi) is 2.93. The summed E-state index contributed by atoms with van der Waals surface area (Å²) in [5, 5.41) is 17.8. The van der Waals surface area contributed by atoms with Crippen LogP contribution in [0.5, 0.6) is 0 Å². The highest BCUT2D eigenvalue weighted by Gasteiger charge is 2.39. The lowest BCUT2D eigenvalue weighted by atomic mass is 9.74. The monoisotopic (exact) mass is 198 g/mol. The van der Waals surface area contributed by atoms with E-state index >= 15 is 0 Å². The maximum Gasteiger partial charge on any atom is 0.307 e. The van der Waals surface area contributed by atoms with Gasteiger partial charge in [0.25, 0.3) is 0 Å². The first-order valence-electron chi connectivity index (χ1n) is 4.56. The predicted molar refractivity (Wildman–Crippen MR) is 49.8 cm³/mol. The Morgan fingerprint density at radius 2 is 1.93 bits per heavy atom. The standard InChI is InChI=1S/C10H14O4/c1-5-3-6(2)8(10(13)14)7(4-5)9(11)12/h3,6-8H,4H2,1-2H3,(H,11,12)(H,13,14)/t6-,7+,8-/m1/s1. The van der Waals surface area contributed by atoms with E-state index in [0.29, 0.717) is 6.42 Å². The molecule has 0 heterocycles. The van der Waals surface area contributed by atoms with Crippen LogP contribution in [0.15, 0.2) is 11.6 Å². The minimum absolute atomic E-state index is 0.206. The third-order valence-corrected chi connectivity index (χ3v) is 2.69. The zero-order valence-electron chi connectivity index (χ0n) is 8.23. The van der Waals surface area contributed by atoms with Crippen molar-refractivity contribution < 1.29 is 19.8 Å². The molecule has 1 aliphatic carbocycles. The van der Waals surface area contributed by atoms with E-state index in [4.69, 9.17) is 10.2 Å². The molecule has 0 unspecified atom stereocenters. The van der Waals surface area contributed by atoms with E-state index in [9.17, 15) is 9.59 Å². The fraction of sp³-hybridized carbons (Fsp3) is 0.600. The van der Waals surface area contributed by atoms with Crippen molar-refractivity contribution >= 4 is 11.9 Å². The third kappa shape index (κ3) is 1.95. The van der Waals surface area contributed by atoms with E-state index in [1.807, 2.05) is 13.0 Å². The second-order valence-corrected chi connectivity index (χ2v) is 3.89. The first-order chi connectivity index (χ1) is 6.43. The smallest absolute Gasteiger partial charge is 0.307 e. The maximum absolute atomic E-state index is 10.9. The third-order valence-electron chi connectivity index (χ3n) is 2.69. The van der Waals surface area contributed by atoms with Crippen molar-refractivity contribution in [3.05, 3.63) is 11.6 Å². The molecule has 0 radical (unpaired) electrons. The zero-order chi connectivity index (χ0) is 10.9. The van der Waals surface area contributed by atoms with E-state index in [-0.39, 0.29) is 5.92 Å². The lowest BCUT2D eigenvalue weighted by Crippen LogP contribution is -2.36. The van der Waals surface area contributed by atoms with Crippen molar-refractivity contribution in [3.8, 4) is 0 Å². The van der Waals surface area contributed by atoms with E-state index in [2.05, 4.69) is 0 Å². The van der Waals surface area contributed by atoms with E-state index in [0.717, 1.165) is 5.57 Å². The van der Waals surface area contributed by atoms with Crippen LogP contribution < -0.4 is 0 Å². The summed E-state index contributed by atoms with van der Waals surface area (Å²) in [7, 11) is 0. The molecule has 0 fully saturated rings. The number of hydrogen-bond acceptors (Lipinski definition) is 2. The van der Waals surface area contributed by atoms with Gasteiger partial charge in [0.1, 0.15) is 0 Å². The minimum atomic E-state index is -1.02. The van der Waals surface area contributed by atoms with Crippen LogP contribution in [0.4, 0.5) is 0 Å². The number of carboxylic acids is 2. The number of carboxylic acid groups (broad SMARTS) is 2. The molecule has 3 atom stereocenters. The van der Waals surface area contributed by atoms with Crippen LogP contribution in [-0.2, 0) is 9.59 Å². The molecule has 1 rings (SSSR count). The van der Waals surface area contributed by atoms with Gasteiger partial charge in [-0.25, -0.2) is 0 Å². The Hall–Kier alpha value is -1.32. The molecule has 0 spiro atoms. The lowest BCUT2D eigenvalue weighted by molar-refractivity contribution is -0.155. The van der Waals surface area contributed by atoms with Crippen LogP contribution in [0, 0.1) is 17.8 Å². The van der Waals surface area contributed by atoms with Gasteiger partial charge in [-0.05, 0) is 19.3 Å². The highest BCUT2D eigenvalue weighted by molar-refractivity contribution is 5.81. The lowest BCUT2D eigenvalue weighted by Gasteiger charge is -2.29. The molecule has 4 heteroatoms. The number of aliphatic carboxylic acids is 2. The van der Waals surface area contributed by atoms with Crippen molar-refractivity contribution in [2.24, 2.45) is 17.8 Å². The largest absolute Gasteiger partial charge is 0.481 e. The molecule has 0 saturated carbocycles. The molecule has 14 heavy (non-hydrogen) atoms. The molecule has 0 aromatic heterocycles.